The van der Waals surface area contributed by atoms with Gasteiger partial charge in [-0.3, -0.25) is 0 Å². The molecule has 0 saturated carbocycles. The Bertz CT molecular complexity index is 1060. The predicted molar refractivity (Wildman–Crippen MR) is 102 cm³/mol. The van der Waals surface area contributed by atoms with Crippen LogP contribution >= 0.6 is 0 Å². The quantitative estimate of drug-likeness (QED) is 0.467. The van der Waals surface area contributed by atoms with Gasteiger partial charge in [0.2, 0.25) is 0 Å². The number of nitrogens with zero attached hydrogens (tertiary/aromatic N) is 1. The van der Waals surface area contributed by atoms with Gasteiger partial charge in [0.05, 0.1) is 11.2 Å². The van der Waals surface area contributed by atoms with E-state index in [1.54, 1.807) is 19.1 Å². The molecule has 1 aliphatic rings. The minimum absolute atomic E-state index is 0.363. The third-order valence-electron chi connectivity index (χ3n) is 5.10. The molecule has 2 aromatic carbocycles. The van der Waals surface area contributed by atoms with Crippen LogP contribution in [0.5, 0.6) is 5.75 Å². The summed E-state index contributed by atoms with van der Waals surface area (Å²) in [6.45, 7) is 1.74. The summed E-state index contributed by atoms with van der Waals surface area (Å²) >= 11 is 0. The summed E-state index contributed by atoms with van der Waals surface area (Å²) in [6, 6.07) is 8.03. The van der Waals surface area contributed by atoms with E-state index in [-0.39, 0.29) is 5.75 Å². The molecule has 0 atom stereocenters. The number of hydrogen-bond donors (Lipinski definition) is 3. The lowest BCUT2D eigenvalue weighted by atomic mass is 9.84. The average Bonchev–Trinajstić information content (AvgIpc) is 2.63. The first-order valence-electron chi connectivity index (χ1n) is 8.75. The number of nitrogen functional groups attached to an aromatic ring is 1. The number of rotatable bonds is 2. The molecule has 0 aliphatic heterocycles. The molecule has 4 nitrogen and oxygen atoms in total. The molecule has 4 N–H and O–H groups in total. The fourth-order valence-corrected chi connectivity index (χ4v) is 3.93. The normalized spacial score (nSPS) is 13.6. The highest BCUT2D eigenvalue weighted by Crippen LogP contribution is 2.38. The van der Waals surface area contributed by atoms with E-state index in [9.17, 15) is 9.50 Å². The zero-order valence-electron chi connectivity index (χ0n) is 14.6. The van der Waals surface area contributed by atoms with Crippen molar-refractivity contribution in [2.45, 2.75) is 32.6 Å². The topological polar surface area (TPSA) is 83.0 Å². The summed E-state index contributed by atoms with van der Waals surface area (Å²) in [5, 5.41) is 18.6. The number of nitrogens with two attached hydrogens (primary N) is 1. The van der Waals surface area contributed by atoms with Crippen LogP contribution in [0, 0.1) is 11.2 Å². The molecule has 1 aromatic heterocycles. The van der Waals surface area contributed by atoms with Gasteiger partial charge in [0.15, 0.2) is 11.6 Å². The van der Waals surface area contributed by atoms with Crippen LogP contribution in [-0.2, 0) is 12.8 Å². The second-order valence-electron chi connectivity index (χ2n) is 6.84. The summed E-state index contributed by atoms with van der Waals surface area (Å²) in [4.78, 5) is 4.81. The van der Waals surface area contributed by atoms with Crippen molar-refractivity contribution >= 4 is 22.3 Å². The van der Waals surface area contributed by atoms with Gasteiger partial charge in [-0.1, -0.05) is 0 Å². The number of aromatic nitrogens is 1. The molecule has 4 rings (SSSR count). The zero-order chi connectivity index (χ0) is 18.4. The Morgan fingerprint density at radius 1 is 1.15 bits per heavy atom. The van der Waals surface area contributed by atoms with Crippen molar-refractivity contribution in [1.82, 2.24) is 4.98 Å². The first kappa shape index (κ1) is 16.5. The summed E-state index contributed by atoms with van der Waals surface area (Å²) in [7, 11) is 0. The van der Waals surface area contributed by atoms with Gasteiger partial charge in [0.25, 0.3) is 0 Å². The Labute approximate surface area is 151 Å². The van der Waals surface area contributed by atoms with Crippen LogP contribution in [0.4, 0.5) is 10.1 Å². The van der Waals surface area contributed by atoms with Crippen LogP contribution in [0.2, 0.25) is 0 Å². The van der Waals surface area contributed by atoms with Gasteiger partial charge < -0.3 is 16.2 Å². The van der Waals surface area contributed by atoms with E-state index in [1.807, 2.05) is 6.07 Å². The number of hydrogen-bond acceptors (Lipinski definition) is 4. The van der Waals surface area contributed by atoms with Gasteiger partial charge in [0.1, 0.15) is 0 Å². The maximum Gasteiger partial charge on any atom is 0.165 e. The lowest BCUT2D eigenvalue weighted by Gasteiger charge is -2.23. The minimum atomic E-state index is -0.651. The lowest BCUT2D eigenvalue weighted by Crippen LogP contribution is -2.11. The summed E-state index contributed by atoms with van der Waals surface area (Å²) in [6.07, 6.45) is 3.88. The largest absolute Gasteiger partial charge is 0.505 e. The van der Waals surface area contributed by atoms with Gasteiger partial charge in [0, 0.05) is 27.9 Å². The number of phenols is 1. The number of aromatic hydroxyl groups is 1. The Morgan fingerprint density at radius 3 is 2.58 bits per heavy atom. The van der Waals surface area contributed by atoms with E-state index < -0.39 is 5.82 Å². The van der Waals surface area contributed by atoms with Crippen LogP contribution in [0.15, 0.2) is 30.3 Å². The summed E-state index contributed by atoms with van der Waals surface area (Å²) in [5.41, 5.74) is 12.4. The van der Waals surface area contributed by atoms with Crippen molar-refractivity contribution in [2.24, 2.45) is 0 Å². The van der Waals surface area contributed by atoms with Crippen LogP contribution in [-0.4, -0.2) is 15.8 Å². The predicted octanol–water partition coefficient (Wildman–Crippen LogP) is 4.60. The number of aryl methyl sites for hydroxylation is 1. The van der Waals surface area contributed by atoms with E-state index in [2.05, 4.69) is 0 Å². The van der Waals surface area contributed by atoms with Gasteiger partial charge >= 0.3 is 0 Å². The Hall–Kier alpha value is -2.95. The number of anilines is 1. The van der Waals surface area contributed by atoms with Crippen molar-refractivity contribution in [3.63, 3.8) is 0 Å². The monoisotopic (exact) mass is 349 g/mol. The smallest absolute Gasteiger partial charge is 0.165 e. The Kier molecular flexibility index (Phi) is 3.87. The number of benzene rings is 2. The van der Waals surface area contributed by atoms with Gasteiger partial charge in [-0.05, 0) is 74.1 Å². The molecule has 0 saturated heterocycles. The number of halogens is 1. The Balaban J connectivity index is 2.09. The van der Waals surface area contributed by atoms with Crippen LogP contribution in [0.25, 0.3) is 22.2 Å². The molecule has 132 valence electrons. The van der Waals surface area contributed by atoms with Crippen LogP contribution in [0.3, 0.4) is 0 Å². The fraction of sp³-hybridized carbons (Fsp3) is 0.238. The third kappa shape index (κ3) is 2.51. The number of pyridine rings is 1. The second kappa shape index (κ2) is 6.09. The van der Waals surface area contributed by atoms with E-state index >= 15 is 0 Å². The summed E-state index contributed by atoms with van der Waals surface area (Å²) in [5.74, 6) is -1.01. The van der Waals surface area contributed by atoms with E-state index in [1.165, 1.54) is 17.7 Å². The zero-order valence-corrected chi connectivity index (χ0v) is 14.6. The molecule has 3 aromatic rings. The van der Waals surface area contributed by atoms with Crippen molar-refractivity contribution in [3.05, 3.63) is 52.8 Å². The fourth-order valence-electron chi connectivity index (χ4n) is 3.93. The average molecular weight is 349 g/mol. The van der Waals surface area contributed by atoms with Gasteiger partial charge in [-0.15, -0.1) is 0 Å². The van der Waals surface area contributed by atoms with Crippen molar-refractivity contribution in [1.29, 1.82) is 5.41 Å². The molecule has 0 unspecified atom stereocenters. The molecular formula is C21H20FN3O. The number of nitrogens with one attached hydrogen (secondary N) is 1. The van der Waals surface area contributed by atoms with Crippen molar-refractivity contribution in [3.8, 4) is 17.0 Å². The molecule has 0 bridgehead atoms. The second-order valence-corrected chi connectivity index (χ2v) is 6.84. The minimum Gasteiger partial charge on any atom is -0.505 e. The van der Waals surface area contributed by atoms with Crippen LogP contribution in [0.1, 0.15) is 36.5 Å². The molecule has 1 heterocycles. The molecule has 0 fully saturated rings. The van der Waals surface area contributed by atoms with Crippen molar-refractivity contribution in [2.75, 3.05) is 5.73 Å². The number of phenolic OH excluding ortho intramolecular Hbond substituents is 1. The number of fused-ring (bicyclic) bond motifs is 3. The molecule has 1 aliphatic carbocycles. The highest BCUT2D eigenvalue weighted by molar-refractivity contribution is 6.13. The molecule has 0 amide bonds. The maximum absolute atomic E-state index is 13.9. The summed E-state index contributed by atoms with van der Waals surface area (Å²) < 4.78 is 13.9. The SMILES string of the molecule is CC(=N)c1c(N)ccc2nc(-c3ccc(O)c(F)c3)c3c(c12)CCCC3. The first-order valence-corrected chi connectivity index (χ1v) is 8.75. The standard InChI is InChI=1S/C21H20FN3O/c1-11(23)19-16(24)7-8-17-20(19)13-4-2-3-5-14(13)21(25-17)12-6-9-18(26)15(22)10-12/h6-10,23,26H,2-5,24H2,1H3. The molecular weight excluding hydrogens is 329 g/mol. The van der Waals surface area contributed by atoms with Crippen molar-refractivity contribution < 1.29 is 9.50 Å². The third-order valence-corrected chi connectivity index (χ3v) is 5.10. The molecule has 0 spiro atoms. The van der Waals surface area contributed by atoms with Gasteiger partial charge in [-0.25, -0.2) is 9.37 Å². The van der Waals surface area contributed by atoms with Gasteiger partial charge in [-0.2, -0.15) is 0 Å². The van der Waals surface area contributed by atoms with Crippen LogP contribution < -0.4 is 5.73 Å². The molecule has 26 heavy (non-hydrogen) atoms. The maximum atomic E-state index is 13.9. The molecule has 5 heteroatoms. The molecule has 0 radical (unpaired) electrons. The Morgan fingerprint density at radius 2 is 1.88 bits per heavy atom. The van der Waals surface area contributed by atoms with E-state index in [4.69, 9.17) is 16.1 Å². The lowest BCUT2D eigenvalue weighted by molar-refractivity contribution is 0.432. The van der Waals surface area contributed by atoms with E-state index in [0.717, 1.165) is 53.4 Å². The van der Waals surface area contributed by atoms with E-state index in [0.29, 0.717) is 17.0 Å². The highest BCUT2D eigenvalue weighted by Gasteiger charge is 2.23. The first-order chi connectivity index (χ1) is 12.5. The highest BCUT2D eigenvalue weighted by atomic mass is 19.1.